The molecule has 0 saturated heterocycles. The molecule has 0 aliphatic heterocycles. The van der Waals surface area contributed by atoms with Gasteiger partial charge in [-0.25, -0.2) is 0 Å². The maximum absolute atomic E-state index is 11.8. The van der Waals surface area contributed by atoms with Crippen molar-refractivity contribution in [2.75, 3.05) is 0 Å². The lowest BCUT2D eigenvalue weighted by atomic mass is 9.96. The van der Waals surface area contributed by atoms with Crippen LogP contribution < -0.4 is 26.5 Å². The molecule has 1 aliphatic carbocycles. The minimum Gasteiger partial charge on any atom is -0.271 e. The van der Waals surface area contributed by atoms with Gasteiger partial charge in [0.15, 0.2) is 0 Å². The maximum Gasteiger partial charge on any atom is 0.287 e. The van der Waals surface area contributed by atoms with Gasteiger partial charge in [-0.2, -0.15) is 8.57 Å². The molecule has 0 amide bonds. The summed E-state index contributed by atoms with van der Waals surface area (Å²) < 4.78 is 26.6. The van der Waals surface area contributed by atoms with Crippen LogP contribution >= 0.6 is 27.3 Å². The molecule has 8 nitrogen and oxygen atoms in total. The van der Waals surface area contributed by atoms with Crippen molar-refractivity contribution in [1.29, 1.82) is 0 Å². The Balaban J connectivity index is 2.67. The highest BCUT2D eigenvalue weighted by molar-refractivity contribution is 8.04. The topological polar surface area (TPSA) is 153 Å². The van der Waals surface area contributed by atoms with Crippen molar-refractivity contribution in [3.8, 4) is 0 Å². The van der Waals surface area contributed by atoms with Gasteiger partial charge in [-0.05, 0) is 12.8 Å². The first kappa shape index (κ1) is 15.6. The van der Waals surface area contributed by atoms with Gasteiger partial charge in [0.1, 0.15) is 0 Å². The summed E-state index contributed by atoms with van der Waals surface area (Å²) >= 11 is 0.799. The van der Waals surface area contributed by atoms with Crippen LogP contribution in [0, 0.1) is 0 Å². The number of hydrogen-bond acceptors (Lipinski definition) is 3. The third kappa shape index (κ3) is 5.83. The van der Waals surface area contributed by atoms with Gasteiger partial charge < -0.3 is 0 Å². The first-order chi connectivity index (χ1) is 7.70. The monoisotopic (exact) mass is 302 g/mol. The van der Waals surface area contributed by atoms with Gasteiger partial charge in [0.25, 0.3) is 15.2 Å². The summed E-state index contributed by atoms with van der Waals surface area (Å²) in [7, 11) is -6.83. The Hall–Kier alpha value is 0.570. The van der Waals surface area contributed by atoms with Crippen LogP contribution in [0.3, 0.4) is 0 Å². The number of hydrogen-bond donors (Lipinski definition) is 5. The predicted molar refractivity (Wildman–Crippen MR) is 71.4 cm³/mol. The number of nitrogens with zero attached hydrogens (tertiary/aromatic N) is 1. The van der Waals surface area contributed by atoms with Crippen molar-refractivity contribution < 1.29 is 9.13 Å². The largest absolute Gasteiger partial charge is 0.287 e. The average molecular weight is 302 g/mol. The Morgan fingerprint density at radius 2 is 1.59 bits per heavy atom. The van der Waals surface area contributed by atoms with Gasteiger partial charge in [0.05, 0.1) is 0 Å². The van der Waals surface area contributed by atoms with Crippen LogP contribution in [0.15, 0.2) is 0 Å². The highest BCUT2D eigenvalue weighted by atomic mass is 32.2. The summed E-state index contributed by atoms with van der Waals surface area (Å²) in [5, 5.41) is 0. The quantitative estimate of drug-likeness (QED) is 0.367. The SMILES string of the molecule is NP(N)(=O)NSN(C1CCCCC1)P(N)(N)=O. The molecule has 1 rings (SSSR count). The number of nitrogens with two attached hydrogens (primary N) is 4. The molecule has 1 fully saturated rings. The van der Waals surface area contributed by atoms with Gasteiger partial charge in [0, 0.05) is 18.2 Å². The molecule has 9 N–H and O–H groups in total. The fourth-order valence-electron chi connectivity index (χ4n) is 1.80. The normalized spacial score (nSPS) is 19.8. The van der Waals surface area contributed by atoms with Crippen LogP contribution in [0.2, 0.25) is 0 Å². The Bertz CT molecular complexity index is 337. The minimum absolute atomic E-state index is 0.00590. The van der Waals surface area contributed by atoms with E-state index in [0.29, 0.717) is 0 Å². The van der Waals surface area contributed by atoms with Crippen LogP contribution in [0.1, 0.15) is 32.1 Å². The fraction of sp³-hybridized carbons (Fsp3) is 1.00. The highest BCUT2D eigenvalue weighted by Gasteiger charge is 2.32. The summed E-state index contributed by atoms with van der Waals surface area (Å²) in [6.07, 6.45) is 4.92. The van der Waals surface area contributed by atoms with E-state index in [1.54, 1.807) is 0 Å². The molecule has 0 aromatic heterocycles. The van der Waals surface area contributed by atoms with Crippen molar-refractivity contribution in [2.24, 2.45) is 22.0 Å². The van der Waals surface area contributed by atoms with Gasteiger partial charge in [-0.1, -0.05) is 19.3 Å². The summed E-state index contributed by atoms with van der Waals surface area (Å²) in [6, 6.07) is -0.00590. The number of nitrogens with one attached hydrogen (secondary N) is 1. The van der Waals surface area contributed by atoms with E-state index in [1.165, 1.54) is 4.08 Å². The van der Waals surface area contributed by atoms with Crippen LogP contribution in [0.5, 0.6) is 0 Å². The molecule has 102 valence electrons. The van der Waals surface area contributed by atoms with E-state index in [1.807, 2.05) is 0 Å². The molecular weight excluding hydrogens is 282 g/mol. The van der Waals surface area contributed by atoms with Crippen molar-refractivity contribution in [3.05, 3.63) is 0 Å². The molecule has 0 bridgehead atoms. The van der Waals surface area contributed by atoms with Crippen LogP contribution in [0.25, 0.3) is 0 Å². The van der Waals surface area contributed by atoms with E-state index >= 15 is 0 Å². The molecule has 0 unspecified atom stereocenters. The molecule has 0 aromatic rings. The van der Waals surface area contributed by atoms with Gasteiger partial charge in [-0.15, -0.1) is 0 Å². The molecule has 0 aromatic carbocycles. The molecule has 0 atom stereocenters. The highest BCUT2D eigenvalue weighted by Crippen LogP contribution is 2.45. The maximum atomic E-state index is 11.8. The molecule has 1 saturated carbocycles. The smallest absolute Gasteiger partial charge is 0.271 e. The van der Waals surface area contributed by atoms with Crippen molar-refractivity contribution in [3.63, 3.8) is 0 Å². The van der Waals surface area contributed by atoms with E-state index in [9.17, 15) is 9.13 Å². The Kier molecular flexibility index (Phi) is 5.65. The van der Waals surface area contributed by atoms with E-state index in [0.717, 1.165) is 44.2 Å². The molecule has 1 aliphatic rings. The molecule has 11 heteroatoms. The Labute approximate surface area is 106 Å². The summed E-state index contributed by atoms with van der Waals surface area (Å²) in [4.78, 5) is 0. The first-order valence-corrected chi connectivity index (χ1v) is 9.70. The van der Waals surface area contributed by atoms with Crippen LogP contribution in [0.4, 0.5) is 0 Å². The zero-order valence-corrected chi connectivity index (χ0v) is 12.1. The molecule has 0 spiro atoms. The lowest BCUT2D eigenvalue weighted by Crippen LogP contribution is -2.36. The molecule has 0 radical (unpaired) electrons. The molecule has 17 heavy (non-hydrogen) atoms. The van der Waals surface area contributed by atoms with Crippen molar-refractivity contribution in [1.82, 2.24) is 8.57 Å². The minimum atomic E-state index is -3.43. The van der Waals surface area contributed by atoms with E-state index < -0.39 is 15.2 Å². The van der Waals surface area contributed by atoms with Crippen LogP contribution in [-0.2, 0) is 9.13 Å². The van der Waals surface area contributed by atoms with Gasteiger partial charge in [0.2, 0.25) is 0 Å². The number of rotatable bonds is 5. The zero-order chi connectivity index (χ0) is 13.1. The van der Waals surface area contributed by atoms with Crippen molar-refractivity contribution >= 4 is 27.3 Å². The second-order valence-electron chi connectivity index (χ2n) is 4.16. The van der Waals surface area contributed by atoms with E-state index in [4.69, 9.17) is 22.0 Å². The standard InChI is InChI=1S/C6H20N6O2P2S/c7-15(8,13)11-17-12(16(9,10)14)6-4-2-1-3-5-6/h6H,1-5H2,(H4,9,10,14)(H5,7,8,11,13). The summed E-state index contributed by atoms with van der Waals surface area (Å²) in [5.41, 5.74) is 21.3. The third-order valence-electron chi connectivity index (χ3n) is 2.47. The lowest BCUT2D eigenvalue weighted by molar-refractivity contribution is 0.344. The third-order valence-corrected chi connectivity index (χ3v) is 6.38. The Morgan fingerprint density at radius 1 is 1.06 bits per heavy atom. The predicted octanol–water partition coefficient (Wildman–Crippen LogP) is 0.825. The van der Waals surface area contributed by atoms with Crippen LogP contribution in [-0.4, -0.2) is 10.1 Å². The van der Waals surface area contributed by atoms with Gasteiger partial charge in [-0.3, -0.25) is 31.1 Å². The molecular formula is C6H20N6O2P2S. The van der Waals surface area contributed by atoms with E-state index in [-0.39, 0.29) is 6.04 Å². The zero-order valence-electron chi connectivity index (χ0n) is 9.49. The van der Waals surface area contributed by atoms with E-state index in [2.05, 4.69) is 4.49 Å². The average Bonchev–Trinajstić information content (AvgIpc) is 2.15. The second kappa shape index (κ2) is 6.14. The molecule has 0 heterocycles. The fourth-order valence-corrected chi connectivity index (χ4v) is 4.59. The Morgan fingerprint density at radius 3 is 2.00 bits per heavy atom. The lowest BCUT2D eigenvalue weighted by Gasteiger charge is -2.34. The second-order valence-corrected chi connectivity index (χ2v) is 8.93. The van der Waals surface area contributed by atoms with Crippen molar-refractivity contribution in [2.45, 2.75) is 38.1 Å². The summed E-state index contributed by atoms with van der Waals surface area (Å²) in [6.45, 7) is 0. The first-order valence-electron chi connectivity index (χ1n) is 5.28. The summed E-state index contributed by atoms with van der Waals surface area (Å²) in [5.74, 6) is 0. The van der Waals surface area contributed by atoms with Gasteiger partial charge >= 0.3 is 0 Å².